The van der Waals surface area contributed by atoms with E-state index in [0.29, 0.717) is 33.0 Å². The lowest BCUT2D eigenvalue weighted by molar-refractivity contribution is -0.228. The van der Waals surface area contributed by atoms with E-state index in [-0.39, 0.29) is 30.5 Å². The summed E-state index contributed by atoms with van der Waals surface area (Å²) in [5.74, 6) is 0. The first-order valence-electron chi connectivity index (χ1n) is 14.2. The average molecular weight is 664 g/mol. The topological polar surface area (TPSA) is 49.0 Å². The lowest BCUT2D eigenvalue weighted by atomic mass is 9.92. The maximum atomic E-state index is 6.77. The number of rotatable bonds is 14. The number of halogens is 1. The molecule has 6 heteroatoms. The van der Waals surface area contributed by atoms with Crippen molar-refractivity contribution in [3.05, 3.63) is 144 Å². The summed E-state index contributed by atoms with van der Waals surface area (Å²) in [5.41, 5.74) is 4.60. The van der Waals surface area contributed by atoms with Crippen LogP contribution in [0.2, 0.25) is 0 Å². The molecule has 1 heterocycles. The van der Waals surface area contributed by atoms with Gasteiger partial charge in [0.1, 0.15) is 18.3 Å². The zero-order valence-electron chi connectivity index (χ0n) is 23.2. The summed E-state index contributed by atoms with van der Waals surface area (Å²) in [5, 5.41) is 3.78. The van der Waals surface area contributed by atoms with Crippen LogP contribution in [-0.4, -0.2) is 41.5 Å². The van der Waals surface area contributed by atoms with Gasteiger partial charge in [0.2, 0.25) is 0 Å². The van der Waals surface area contributed by atoms with Gasteiger partial charge in [-0.15, -0.1) is 0 Å². The molecule has 4 aromatic rings. The van der Waals surface area contributed by atoms with E-state index in [1.807, 2.05) is 60.7 Å². The second-order valence-corrected chi connectivity index (χ2v) is 11.2. The summed E-state index contributed by atoms with van der Waals surface area (Å²) in [6, 6.07) is 41.2. The van der Waals surface area contributed by atoms with E-state index in [9.17, 15) is 0 Å². The molecule has 1 fully saturated rings. The standard InChI is InChI=1S/C35H38INO4/c36-21-31-33(37-22-27-13-5-1-6-14-27)35(40-25-30-19-11-4-12-20-30)34(39-24-29-17-9-3-10-18-29)32(41-31)26-38-23-28-15-7-2-8-16-28/h1-20,31-35,37H,21-26H2/t31-,32+,33-,34+,35+/m0/s1. The maximum Gasteiger partial charge on any atom is 0.114 e. The molecular formula is C35H38INO4. The van der Waals surface area contributed by atoms with E-state index in [2.05, 4.69) is 88.6 Å². The third-order valence-corrected chi connectivity index (χ3v) is 8.16. The van der Waals surface area contributed by atoms with Gasteiger partial charge >= 0.3 is 0 Å². The van der Waals surface area contributed by atoms with Crippen molar-refractivity contribution < 1.29 is 18.9 Å². The molecule has 4 aromatic carbocycles. The molecule has 214 valence electrons. The normalized spacial score (nSPS) is 22.4. The Kier molecular flexibility index (Phi) is 11.8. The summed E-state index contributed by atoms with van der Waals surface area (Å²) < 4.78 is 27.3. The Morgan fingerprint density at radius 2 is 1.02 bits per heavy atom. The van der Waals surface area contributed by atoms with E-state index < -0.39 is 0 Å². The van der Waals surface area contributed by atoms with Crippen LogP contribution in [0.4, 0.5) is 0 Å². The molecule has 5 atom stereocenters. The van der Waals surface area contributed by atoms with Crippen LogP contribution in [0.15, 0.2) is 121 Å². The van der Waals surface area contributed by atoms with Crippen LogP contribution < -0.4 is 5.32 Å². The Morgan fingerprint density at radius 1 is 0.561 bits per heavy atom. The monoisotopic (exact) mass is 663 g/mol. The molecule has 1 aliphatic heterocycles. The summed E-state index contributed by atoms with van der Waals surface area (Å²) in [6.07, 6.45) is -0.927. The van der Waals surface area contributed by atoms with Crippen LogP contribution >= 0.6 is 22.6 Å². The first-order chi connectivity index (χ1) is 20.3. The Labute approximate surface area is 257 Å². The molecule has 0 bridgehead atoms. The van der Waals surface area contributed by atoms with Crippen molar-refractivity contribution in [2.24, 2.45) is 0 Å². The molecule has 0 aliphatic carbocycles. The molecule has 5 rings (SSSR count). The van der Waals surface area contributed by atoms with Crippen molar-refractivity contribution in [2.75, 3.05) is 11.0 Å². The zero-order valence-corrected chi connectivity index (χ0v) is 25.3. The van der Waals surface area contributed by atoms with Crippen molar-refractivity contribution in [2.45, 2.75) is 56.8 Å². The number of ether oxygens (including phenoxy) is 4. The number of alkyl halides is 1. The minimum absolute atomic E-state index is 0.0676. The van der Waals surface area contributed by atoms with Gasteiger partial charge in [-0.1, -0.05) is 144 Å². The second-order valence-electron chi connectivity index (χ2n) is 10.3. The van der Waals surface area contributed by atoms with Gasteiger partial charge in [0.05, 0.1) is 38.6 Å². The molecule has 1 aliphatic rings. The molecular weight excluding hydrogens is 625 g/mol. The SMILES string of the molecule is IC[C@@H]1O[C@H](COCc2ccccc2)[C@@H](OCc2ccccc2)[C@H](OCc2ccccc2)[C@H]1NCc1ccccc1. The fourth-order valence-corrected chi connectivity index (χ4v) is 5.92. The fraction of sp³-hybridized carbons (Fsp3) is 0.314. The average Bonchev–Trinajstić information content (AvgIpc) is 3.04. The minimum Gasteiger partial charge on any atom is -0.374 e. The predicted octanol–water partition coefficient (Wildman–Crippen LogP) is 6.73. The first-order valence-corrected chi connectivity index (χ1v) is 15.7. The molecule has 5 nitrogen and oxygen atoms in total. The van der Waals surface area contributed by atoms with Crippen LogP contribution in [0.5, 0.6) is 0 Å². The van der Waals surface area contributed by atoms with Gasteiger partial charge in [-0.2, -0.15) is 0 Å². The van der Waals surface area contributed by atoms with Gasteiger partial charge in [-0.25, -0.2) is 0 Å². The summed E-state index contributed by atoms with van der Waals surface area (Å²) in [4.78, 5) is 0. The summed E-state index contributed by atoms with van der Waals surface area (Å²) in [6.45, 7) is 2.61. The number of nitrogens with one attached hydrogen (secondary N) is 1. The van der Waals surface area contributed by atoms with Crippen molar-refractivity contribution in [1.82, 2.24) is 5.32 Å². The largest absolute Gasteiger partial charge is 0.374 e. The van der Waals surface area contributed by atoms with Gasteiger partial charge in [0.15, 0.2) is 0 Å². The van der Waals surface area contributed by atoms with Crippen molar-refractivity contribution >= 4 is 22.6 Å². The molecule has 0 amide bonds. The van der Waals surface area contributed by atoms with Gasteiger partial charge in [0, 0.05) is 11.0 Å². The lowest BCUT2D eigenvalue weighted by Gasteiger charge is -2.46. The van der Waals surface area contributed by atoms with Gasteiger partial charge < -0.3 is 24.3 Å². The summed E-state index contributed by atoms with van der Waals surface area (Å²) in [7, 11) is 0. The van der Waals surface area contributed by atoms with Crippen LogP contribution in [0.3, 0.4) is 0 Å². The third kappa shape index (κ3) is 8.95. The van der Waals surface area contributed by atoms with Gasteiger partial charge in [-0.05, 0) is 22.3 Å². The number of benzene rings is 4. The molecule has 41 heavy (non-hydrogen) atoms. The van der Waals surface area contributed by atoms with Gasteiger partial charge in [-0.3, -0.25) is 0 Å². The first kappa shape index (κ1) is 29.9. The molecule has 0 aromatic heterocycles. The fourth-order valence-electron chi connectivity index (χ4n) is 5.16. The van der Waals surface area contributed by atoms with E-state index >= 15 is 0 Å². The van der Waals surface area contributed by atoms with Crippen molar-refractivity contribution in [1.29, 1.82) is 0 Å². The van der Waals surface area contributed by atoms with Crippen molar-refractivity contribution in [3.8, 4) is 0 Å². The quantitative estimate of drug-likeness (QED) is 0.120. The minimum atomic E-state index is -0.331. The Balaban J connectivity index is 1.38. The summed E-state index contributed by atoms with van der Waals surface area (Å²) >= 11 is 2.42. The van der Waals surface area contributed by atoms with Crippen LogP contribution in [0.25, 0.3) is 0 Å². The molecule has 0 saturated carbocycles. The van der Waals surface area contributed by atoms with Gasteiger partial charge in [0.25, 0.3) is 0 Å². The molecule has 1 N–H and O–H groups in total. The lowest BCUT2D eigenvalue weighted by Crippen LogP contribution is -2.65. The highest BCUT2D eigenvalue weighted by atomic mass is 127. The Morgan fingerprint density at radius 3 is 1.54 bits per heavy atom. The molecule has 0 radical (unpaired) electrons. The highest BCUT2D eigenvalue weighted by Crippen LogP contribution is 2.30. The smallest absolute Gasteiger partial charge is 0.114 e. The second kappa shape index (κ2) is 16.2. The van der Waals surface area contributed by atoms with E-state index in [0.717, 1.165) is 21.1 Å². The number of hydrogen-bond donors (Lipinski definition) is 1. The van der Waals surface area contributed by atoms with Crippen LogP contribution in [0, 0.1) is 0 Å². The van der Waals surface area contributed by atoms with E-state index in [4.69, 9.17) is 18.9 Å². The Bertz CT molecular complexity index is 1260. The van der Waals surface area contributed by atoms with E-state index in [1.165, 1.54) is 5.56 Å². The Hall–Kier alpha value is -2.59. The van der Waals surface area contributed by atoms with Crippen LogP contribution in [-0.2, 0) is 45.3 Å². The third-order valence-electron chi connectivity index (χ3n) is 7.30. The van der Waals surface area contributed by atoms with Crippen molar-refractivity contribution in [3.63, 3.8) is 0 Å². The number of hydrogen-bond acceptors (Lipinski definition) is 5. The molecule has 1 saturated heterocycles. The molecule has 0 unspecified atom stereocenters. The maximum absolute atomic E-state index is 6.77. The zero-order chi connectivity index (χ0) is 28.1. The van der Waals surface area contributed by atoms with E-state index in [1.54, 1.807) is 0 Å². The predicted molar refractivity (Wildman–Crippen MR) is 171 cm³/mol. The highest BCUT2D eigenvalue weighted by molar-refractivity contribution is 14.1. The van der Waals surface area contributed by atoms with Crippen LogP contribution in [0.1, 0.15) is 22.3 Å². The highest BCUT2D eigenvalue weighted by Gasteiger charge is 2.47. The molecule has 0 spiro atoms.